The second-order valence-corrected chi connectivity index (χ2v) is 10.1. The van der Waals surface area contributed by atoms with Crippen LogP contribution in [-0.4, -0.2) is 45.7 Å². The predicted molar refractivity (Wildman–Crippen MR) is 122 cm³/mol. The number of nitrogens with one attached hydrogen (secondary N) is 1. The monoisotopic (exact) mass is 433 g/mol. The number of nitrogens with zero attached hydrogens (tertiary/aromatic N) is 2. The molecule has 1 saturated heterocycles. The molecule has 6 nitrogen and oxygen atoms in total. The summed E-state index contributed by atoms with van der Waals surface area (Å²) in [5, 5.41) is 13.6. The molecule has 2 aliphatic carbocycles. The molecule has 3 heterocycles. The Balaban J connectivity index is 1.37. The van der Waals surface area contributed by atoms with Crippen LogP contribution in [0.2, 0.25) is 0 Å². The van der Waals surface area contributed by atoms with Gasteiger partial charge in [0, 0.05) is 48.8 Å². The molecule has 4 atom stereocenters. The molecule has 0 spiro atoms. The van der Waals surface area contributed by atoms with Crippen molar-refractivity contribution >= 4 is 5.91 Å². The number of amides is 1. The molecule has 1 amide bonds. The Kier molecular flexibility index (Phi) is 4.95. The molecule has 6 rings (SSSR count). The fourth-order valence-electron chi connectivity index (χ4n) is 6.09. The van der Waals surface area contributed by atoms with Crippen molar-refractivity contribution in [3.63, 3.8) is 0 Å². The molecule has 2 aliphatic heterocycles. The molecule has 0 unspecified atom stereocenters. The summed E-state index contributed by atoms with van der Waals surface area (Å²) >= 11 is 0. The molecule has 1 aromatic heterocycles. The third-order valence-corrected chi connectivity index (χ3v) is 8.16. The van der Waals surface area contributed by atoms with E-state index in [0.29, 0.717) is 18.0 Å². The van der Waals surface area contributed by atoms with E-state index in [1.165, 1.54) is 19.3 Å². The molecule has 0 radical (unpaired) electrons. The fraction of sp³-hybridized carbons (Fsp3) is 0.538. The van der Waals surface area contributed by atoms with Crippen LogP contribution in [0, 0.1) is 17.8 Å². The Bertz CT molecular complexity index is 1070. The summed E-state index contributed by atoms with van der Waals surface area (Å²) in [7, 11) is 0. The number of likely N-dealkylation sites (tertiary alicyclic amines) is 1. The number of aromatic nitrogens is 1. The van der Waals surface area contributed by atoms with Gasteiger partial charge in [0.05, 0.1) is 12.1 Å². The number of carbonyl (C=O) groups excluding carboxylic acids is 1. The van der Waals surface area contributed by atoms with E-state index in [0.717, 1.165) is 30.6 Å². The molecule has 6 heteroatoms. The lowest BCUT2D eigenvalue weighted by Crippen LogP contribution is -2.52. The molecular formula is C26H31N3O3. The number of hydrogen-bond acceptors (Lipinski definition) is 4. The van der Waals surface area contributed by atoms with E-state index in [2.05, 4.69) is 16.3 Å². The highest BCUT2D eigenvalue weighted by Gasteiger charge is 2.56. The minimum Gasteiger partial charge on any atom is -0.396 e. The van der Waals surface area contributed by atoms with E-state index in [9.17, 15) is 14.7 Å². The van der Waals surface area contributed by atoms with Crippen molar-refractivity contribution in [1.29, 1.82) is 0 Å². The lowest BCUT2D eigenvalue weighted by molar-refractivity contribution is -0.129. The van der Waals surface area contributed by atoms with Crippen molar-refractivity contribution in [1.82, 2.24) is 14.8 Å². The van der Waals surface area contributed by atoms with Crippen LogP contribution in [0.5, 0.6) is 0 Å². The Morgan fingerprint density at radius 1 is 1.06 bits per heavy atom. The van der Waals surface area contributed by atoms with Crippen LogP contribution in [0.4, 0.5) is 0 Å². The van der Waals surface area contributed by atoms with Crippen molar-refractivity contribution in [3.8, 4) is 11.1 Å². The van der Waals surface area contributed by atoms with Crippen molar-refractivity contribution in [3.05, 3.63) is 58.5 Å². The highest BCUT2D eigenvalue weighted by atomic mass is 16.3. The van der Waals surface area contributed by atoms with Crippen LogP contribution < -0.4 is 10.9 Å². The molecule has 32 heavy (non-hydrogen) atoms. The average Bonchev–Trinajstić information content (AvgIpc) is 3.43. The molecule has 168 valence electrons. The first-order chi connectivity index (χ1) is 15.7. The third-order valence-electron chi connectivity index (χ3n) is 8.16. The van der Waals surface area contributed by atoms with Gasteiger partial charge in [-0.25, -0.2) is 0 Å². The maximum absolute atomic E-state index is 13.4. The van der Waals surface area contributed by atoms with Crippen molar-refractivity contribution in [2.45, 2.75) is 56.8 Å². The van der Waals surface area contributed by atoms with E-state index < -0.39 is 0 Å². The molecule has 4 aliphatic rings. The van der Waals surface area contributed by atoms with Gasteiger partial charge in [0.15, 0.2) is 0 Å². The Labute approximate surface area is 188 Å². The normalized spacial score (nSPS) is 29.4. The number of aliphatic hydroxyl groups excluding tert-OH is 1. The van der Waals surface area contributed by atoms with Crippen LogP contribution in [0.25, 0.3) is 11.1 Å². The van der Waals surface area contributed by atoms with Crippen LogP contribution in [0.1, 0.15) is 43.8 Å². The highest BCUT2D eigenvalue weighted by molar-refractivity contribution is 5.83. The van der Waals surface area contributed by atoms with Gasteiger partial charge in [-0.15, -0.1) is 0 Å². The molecule has 2 aromatic rings. The van der Waals surface area contributed by atoms with Gasteiger partial charge < -0.3 is 15.0 Å². The highest BCUT2D eigenvalue weighted by Crippen LogP contribution is 2.51. The van der Waals surface area contributed by atoms with Gasteiger partial charge >= 0.3 is 0 Å². The smallest absolute Gasteiger partial charge is 0.258 e. The Hall–Kier alpha value is -2.44. The van der Waals surface area contributed by atoms with Crippen molar-refractivity contribution < 1.29 is 9.90 Å². The quantitative estimate of drug-likeness (QED) is 0.734. The lowest BCUT2D eigenvalue weighted by Gasteiger charge is -2.34. The second kappa shape index (κ2) is 7.85. The Morgan fingerprint density at radius 2 is 1.84 bits per heavy atom. The molecule has 2 N–H and O–H groups in total. The number of pyridine rings is 1. The zero-order valence-corrected chi connectivity index (χ0v) is 18.3. The van der Waals surface area contributed by atoms with E-state index in [4.69, 9.17) is 0 Å². The number of hydrogen-bond donors (Lipinski definition) is 2. The minimum absolute atomic E-state index is 0.0161. The van der Waals surface area contributed by atoms with Crippen molar-refractivity contribution in [2.24, 2.45) is 17.8 Å². The van der Waals surface area contributed by atoms with E-state index >= 15 is 0 Å². The minimum atomic E-state index is -0.311. The topological polar surface area (TPSA) is 74.6 Å². The zero-order chi connectivity index (χ0) is 21.8. The standard InChI is InChI=1S/C26H31N3O3/c30-15-21-20-14-28-22(12-11-19(26(28)32)17-5-2-1-3-6-17)23(20)29(13-16-9-10-16)24(21)25(31)27-18-7-4-8-18/h1-3,5-6,11-12,16,18,20-21,23-24,30H,4,7-10,13-15H2,(H,27,31)/t20-,21-,23+,24-/m1/s1. The van der Waals surface area contributed by atoms with Crippen LogP contribution in [-0.2, 0) is 11.3 Å². The van der Waals surface area contributed by atoms with E-state index in [-0.39, 0.29) is 48.0 Å². The SMILES string of the molecule is O=C(NC1CCC1)[C@H]1[C@H](CO)[C@H]2Cn3c(ccc(-c4ccccc4)c3=O)[C@H]2N1CC1CC1. The van der Waals surface area contributed by atoms with Gasteiger partial charge in [0.2, 0.25) is 5.91 Å². The van der Waals surface area contributed by atoms with Crippen LogP contribution >= 0.6 is 0 Å². The van der Waals surface area contributed by atoms with Gasteiger partial charge in [-0.3, -0.25) is 14.5 Å². The number of benzene rings is 1. The summed E-state index contributed by atoms with van der Waals surface area (Å²) in [6, 6.07) is 13.8. The van der Waals surface area contributed by atoms with Gasteiger partial charge in [-0.2, -0.15) is 0 Å². The first-order valence-electron chi connectivity index (χ1n) is 12.1. The fourth-order valence-corrected chi connectivity index (χ4v) is 6.09. The summed E-state index contributed by atoms with van der Waals surface area (Å²) < 4.78 is 1.90. The second-order valence-electron chi connectivity index (χ2n) is 10.1. The molecule has 3 fully saturated rings. The summed E-state index contributed by atoms with van der Waals surface area (Å²) in [5.41, 5.74) is 2.67. The van der Waals surface area contributed by atoms with Crippen LogP contribution in [0.3, 0.4) is 0 Å². The molecular weight excluding hydrogens is 402 g/mol. The van der Waals surface area contributed by atoms with E-state index in [1.807, 2.05) is 41.0 Å². The summed E-state index contributed by atoms with van der Waals surface area (Å²) in [6.07, 6.45) is 5.69. The summed E-state index contributed by atoms with van der Waals surface area (Å²) in [4.78, 5) is 29.1. The summed E-state index contributed by atoms with van der Waals surface area (Å²) in [5.74, 6) is 0.614. The number of aliphatic hydroxyl groups is 1. The van der Waals surface area contributed by atoms with E-state index in [1.54, 1.807) is 0 Å². The number of rotatable bonds is 6. The van der Waals surface area contributed by atoms with Gasteiger partial charge in [0.25, 0.3) is 5.56 Å². The first-order valence-corrected chi connectivity index (χ1v) is 12.1. The number of carbonyl (C=O) groups is 1. The van der Waals surface area contributed by atoms with Crippen molar-refractivity contribution in [2.75, 3.05) is 13.2 Å². The van der Waals surface area contributed by atoms with Gasteiger partial charge in [0.1, 0.15) is 0 Å². The average molecular weight is 434 g/mol. The zero-order valence-electron chi connectivity index (χ0n) is 18.3. The molecule has 0 bridgehead atoms. The predicted octanol–water partition coefficient (Wildman–Crippen LogP) is 2.56. The summed E-state index contributed by atoms with van der Waals surface area (Å²) in [6.45, 7) is 1.41. The Morgan fingerprint density at radius 3 is 2.50 bits per heavy atom. The third kappa shape index (κ3) is 3.23. The maximum atomic E-state index is 13.4. The lowest BCUT2D eigenvalue weighted by atomic mass is 9.87. The number of fused-ring (bicyclic) bond motifs is 3. The van der Waals surface area contributed by atoms with Crippen LogP contribution in [0.15, 0.2) is 47.3 Å². The largest absolute Gasteiger partial charge is 0.396 e. The van der Waals surface area contributed by atoms with Gasteiger partial charge in [-0.1, -0.05) is 30.3 Å². The molecule has 2 saturated carbocycles. The first kappa shape index (κ1) is 20.2. The molecule has 1 aromatic carbocycles. The maximum Gasteiger partial charge on any atom is 0.258 e. The van der Waals surface area contributed by atoms with Gasteiger partial charge in [-0.05, 0) is 55.7 Å².